The van der Waals surface area contributed by atoms with Gasteiger partial charge in [0.2, 0.25) is 11.8 Å². The quantitative estimate of drug-likeness (QED) is 0.581. The molecule has 19 heavy (non-hydrogen) atoms. The third kappa shape index (κ3) is 6.01. The molecule has 1 aromatic heterocycles. The molecule has 2 amide bonds. The van der Waals surface area contributed by atoms with Gasteiger partial charge in [0.15, 0.2) is 0 Å². The second-order valence-electron chi connectivity index (χ2n) is 4.25. The van der Waals surface area contributed by atoms with E-state index in [0.29, 0.717) is 18.7 Å². The lowest BCUT2D eigenvalue weighted by Gasteiger charge is -2.02. The maximum atomic E-state index is 11.6. The van der Waals surface area contributed by atoms with Crippen LogP contribution in [0.1, 0.15) is 25.7 Å². The van der Waals surface area contributed by atoms with E-state index in [9.17, 15) is 9.59 Å². The van der Waals surface area contributed by atoms with E-state index in [0.717, 1.165) is 19.3 Å². The van der Waals surface area contributed by atoms with Crippen LogP contribution in [0.4, 0.5) is 5.69 Å². The highest BCUT2D eigenvalue weighted by Crippen LogP contribution is 2.07. The van der Waals surface area contributed by atoms with Crippen LogP contribution in [0.25, 0.3) is 0 Å². The molecule has 1 rings (SSSR count). The third-order valence-electron chi connectivity index (χ3n) is 2.61. The summed E-state index contributed by atoms with van der Waals surface area (Å²) in [6.07, 6.45) is 6.36. The summed E-state index contributed by atoms with van der Waals surface area (Å²) in [6.45, 7) is 0.802. The van der Waals surface area contributed by atoms with E-state index < -0.39 is 0 Å². The van der Waals surface area contributed by atoms with Crippen molar-refractivity contribution in [3.8, 4) is 0 Å². The molecule has 0 saturated carbocycles. The Balaban J connectivity index is 2.32. The summed E-state index contributed by atoms with van der Waals surface area (Å²) in [6, 6.07) is 0. The fourth-order valence-electron chi connectivity index (χ4n) is 1.57. The number of nitrogens with two attached hydrogens (primary N) is 1. The van der Waals surface area contributed by atoms with Crippen molar-refractivity contribution in [1.29, 1.82) is 0 Å². The monoisotopic (exact) mass is 267 g/mol. The molecule has 7 heteroatoms. The normalized spacial score (nSPS) is 10.2. The summed E-state index contributed by atoms with van der Waals surface area (Å²) in [5.41, 5.74) is 5.98. The zero-order valence-corrected chi connectivity index (χ0v) is 11.2. The van der Waals surface area contributed by atoms with E-state index in [1.165, 1.54) is 10.9 Å². The molecule has 106 valence electrons. The van der Waals surface area contributed by atoms with Crippen molar-refractivity contribution in [2.45, 2.75) is 32.2 Å². The fraction of sp³-hybridized carbons (Fsp3) is 0.583. The first-order valence-corrected chi connectivity index (χ1v) is 6.38. The molecule has 0 radical (unpaired) electrons. The van der Waals surface area contributed by atoms with Crippen LogP contribution in [0.2, 0.25) is 0 Å². The van der Waals surface area contributed by atoms with Crippen LogP contribution in [-0.4, -0.2) is 35.2 Å². The molecule has 1 aromatic rings. The number of anilines is 1. The number of unbranched alkanes of at least 4 members (excludes halogenated alkanes) is 2. The van der Waals surface area contributed by atoms with Crippen LogP contribution in [0.3, 0.4) is 0 Å². The van der Waals surface area contributed by atoms with Crippen molar-refractivity contribution in [1.82, 2.24) is 15.1 Å². The molecule has 0 aliphatic carbocycles. The zero-order valence-electron chi connectivity index (χ0n) is 11.2. The Bertz CT molecular complexity index is 416. The molecule has 0 aromatic carbocycles. The maximum absolute atomic E-state index is 11.6. The number of aromatic nitrogens is 2. The maximum Gasteiger partial charge on any atom is 0.241 e. The highest BCUT2D eigenvalue weighted by atomic mass is 16.2. The van der Waals surface area contributed by atoms with Gasteiger partial charge in [-0.05, 0) is 19.4 Å². The molecule has 0 fully saturated rings. The van der Waals surface area contributed by atoms with E-state index in [1.54, 1.807) is 13.2 Å². The lowest BCUT2D eigenvalue weighted by atomic mass is 10.2. The van der Waals surface area contributed by atoms with Crippen LogP contribution in [0.15, 0.2) is 12.4 Å². The Hall–Kier alpha value is -1.89. The van der Waals surface area contributed by atoms with Crippen LogP contribution in [-0.2, 0) is 16.1 Å². The molecule has 1 heterocycles. The molecule has 0 unspecified atom stereocenters. The average Bonchev–Trinajstić information content (AvgIpc) is 2.81. The smallest absolute Gasteiger partial charge is 0.241 e. The van der Waals surface area contributed by atoms with Gasteiger partial charge in [0.1, 0.15) is 6.54 Å². The highest BCUT2D eigenvalue weighted by molar-refractivity contribution is 5.90. The standard InChI is InChI=1S/C12H21N5O2/c1-14-12(19)9-17-8-10(7-15-17)16-11(18)5-3-2-4-6-13/h7-8H,2-6,9,13H2,1H3,(H,14,19)(H,16,18). The number of rotatable bonds is 8. The molecule has 0 aliphatic heterocycles. The molecule has 0 aliphatic rings. The molecule has 7 nitrogen and oxygen atoms in total. The van der Waals surface area contributed by atoms with Gasteiger partial charge in [-0.2, -0.15) is 5.10 Å². The van der Waals surface area contributed by atoms with E-state index in [-0.39, 0.29) is 18.4 Å². The van der Waals surface area contributed by atoms with E-state index in [2.05, 4.69) is 15.7 Å². The van der Waals surface area contributed by atoms with Gasteiger partial charge < -0.3 is 16.4 Å². The van der Waals surface area contributed by atoms with Crippen LogP contribution in [0.5, 0.6) is 0 Å². The molecule has 0 saturated heterocycles. The summed E-state index contributed by atoms with van der Waals surface area (Å²) in [4.78, 5) is 22.8. The minimum atomic E-state index is -0.136. The molecular weight excluding hydrogens is 246 g/mol. The predicted octanol–water partition coefficient (Wildman–Crippen LogP) is 0.0867. The first kappa shape index (κ1) is 15.2. The minimum absolute atomic E-state index is 0.0449. The largest absolute Gasteiger partial charge is 0.358 e. The van der Waals surface area contributed by atoms with Gasteiger partial charge in [0.25, 0.3) is 0 Å². The van der Waals surface area contributed by atoms with Crippen molar-refractivity contribution < 1.29 is 9.59 Å². The van der Waals surface area contributed by atoms with Crippen LogP contribution >= 0.6 is 0 Å². The SMILES string of the molecule is CNC(=O)Cn1cc(NC(=O)CCCCCN)cn1. The first-order valence-electron chi connectivity index (χ1n) is 6.38. The van der Waals surface area contributed by atoms with Gasteiger partial charge in [-0.3, -0.25) is 14.3 Å². The molecule has 4 N–H and O–H groups in total. The second kappa shape index (κ2) is 8.25. The Kier molecular flexibility index (Phi) is 6.59. The van der Waals surface area contributed by atoms with Gasteiger partial charge in [-0.25, -0.2) is 0 Å². The van der Waals surface area contributed by atoms with Crippen LogP contribution in [0, 0.1) is 0 Å². The van der Waals surface area contributed by atoms with Crippen molar-refractivity contribution in [3.05, 3.63) is 12.4 Å². The van der Waals surface area contributed by atoms with Gasteiger partial charge in [0.05, 0.1) is 11.9 Å². The number of carbonyl (C=O) groups is 2. The molecule has 0 spiro atoms. The number of likely N-dealkylation sites (N-methyl/N-ethyl adjacent to an activating group) is 1. The first-order chi connectivity index (χ1) is 9.15. The summed E-state index contributed by atoms with van der Waals surface area (Å²) in [7, 11) is 1.57. The van der Waals surface area contributed by atoms with Crippen molar-refractivity contribution in [2.75, 3.05) is 18.9 Å². The number of hydrogen-bond acceptors (Lipinski definition) is 4. The predicted molar refractivity (Wildman–Crippen MR) is 72.4 cm³/mol. The van der Waals surface area contributed by atoms with Gasteiger partial charge >= 0.3 is 0 Å². The summed E-state index contributed by atoms with van der Waals surface area (Å²) in [5.74, 6) is -0.181. The van der Waals surface area contributed by atoms with E-state index in [1.807, 2.05) is 0 Å². The number of nitrogens with zero attached hydrogens (tertiary/aromatic N) is 2. The summed E-state index contributed by atoms with van der Waals surface area (Å²) in [5, 5.41) is 9.24. The number of amides is 2. The number of carbonyl (C=O) groups excluding carboxylic acids is 2. The third-order valence-corrected chi connectivity index (χ3v) is 2.61. The van der Waals surface area contributed by atoms with E-state index >= 15 is 0 Å². The van der Waals surface area contributed by atoms with Gasteiger partial charge in [0, 0.05) is 19.7 Å². The Morgan fingerprint density at radius 1 is 1.32 bits per heavy atom. The zero-order chi connectivity index (χ0) is 14.1. The van der Waals surface area contributed by atoms with Crippen LogP contribution < -0.4 is 16.4 Å². The Morgan fingerprint density at radius 3 is 2.79 bits per heavy atom. The van der Waals surface area contributed by atoms with Crippen molar-refractivity contribution in [3.63, 3.8) is 0 Å². The van der Waals surface area contributed by atoms with Gasteiger partial charge in [-0.15, -0.1) is 0 Å². The minimum Gasteiger partial charge on any atom is -0.358 e. The second-order valence-corrected chi connectivity index (χ2v) is 4.25. The topological polar surface area (TPSA) is 102 Å². The molecule has 0 bridgehead atoms. The van der Waals surface area contributed by atoms with Crippen molar-refractivity contribution in [2.24, 2.45) is 5.73 Å². The highest BCUT2D eigenvalue weighted by Gasteiger charge is 2.06. The summed E-state index contributed by atoms with van der Waals surface area (Å²) >= 11 is 0. The number of hydrogen-bond donors (Lipinski definition) is 3. The fourth-order valence-corrected chi connectivity index (χ4v) is 1.57. The van der Waals surface area contributed by atoms with Crippen molar-refractivity contribution >= 4 is 17.5 Å². The average molecular weight is 267 g/mol. The summed E-state index contributed by atoms with van der Waals surface area (Å²) < 4.78 is 1.48. The lowest BCUT2D eigenvalue weighted by Crippen LogP contribution is -2.23. The lowest BCUT2D eigenvalue weighted by molar-refractivity contribution is -0.121. The van der Waals surface area contributed by atoms with Gasteiger partial charge in [-0.1, -0.05) is 6.42 Å². The number of nitrogens with one attached hydrogen (secondary N) is 2. The van der Waals surface area contributed by atoms with E-state index in [4.69, 9.17) is 5.73 Å². The molecular formula is C12H21N5O2. The Morgan fingerprint density at radius 2 is 2.11 bits per heavy atom. The Labute approximate surface area is 112 Å². The molecule has 0 atom stereocenters.